The maximum atomic E-state index is 16.0. The fourth-order valence-electron chi connectivity index (χ4n) is 4.50. The van der Waals surface area contributed by atoms with E-state index in [9.17, 15) is 14.7 Å². The van der Waals surface area contributed by atoms with Gasteiger partial charge in [0.25, 0.3) is 0 Å². The lowest BCUT2D eigenvalue weighted by Gasteiger charge is -2.22. The molecule has 4 aromatic rings. The van der Waals surface area contributed by atoms with E-state index in [1.54, 1.807) is 82.6 Å². The van der Waals surface area contributed by atoms with Crippen LogP contribution in [0.3, 0.4) is 0 Å². The molecule has 0 saturated heterocycles. The maximum Gasteiger partial charge on any atom is 0.408 e. The molecule has 8 heteroatoms. The van der Waals surface area contributed by atoms with Gasteiger partial charge < -0.3 is 19.9 Å². The standard InChI is InChI=1S/C35H35FN2O5/c1-23(38-34(41)43-35(2,3)4)29-9-7-10-30(33(29)36)28-19-25(13-12-24-14-16-37-17-15-24)18-26(20-28)22-42-31-11-6-5-8-27(31)21-32(39)40/h5-20,23H,21-22H2,1-4H3,(H,38,41)(H,39,40)/b13-12+. The molecule has 1 unspecified atom stereocenters. The number of aliphatic carboxylic acids is 1. The van der Waals surface area contributed by atoms with Crippen LogP contribution in [-0.4, -0.2) is 27.8 Å². The number of amides is 1. The molecule has 0 aliphatic rings. The normalized spacial score (nSPS) is 12.1. The molecular weight excluding hydrogens is 547 g/mol. The summed E-state index contributed by atoms with van der Waals surface area (Å²) < 4.78 is 27.4. The van der Waals surface area contributed by atoms with Gasteiger partial charge in [-0.1, -0.05) is 48.6 Å². The summed E-state index contributed by atoms with van der Waals surface area (Å²) in [6, 6.07) is 20.9. The van der Waals surface area contributed by atoms with Crippen LogP contribution in [0.2, 0.25) is 0 Å². The third-order valence-corrected chi connectivity index (χ3v) is 6.44. The van der Waals surface area contributed by atoms with Crippen LogP contribution in [0.1, 0.15) is 61.6 Å². The Morgan fingerprint density at radius 1 is 0.977 bits per heavy atom. The molecule has 0 saturated carbocycles. The van der Waals surface area contributed by atoms with Gasteiger partial charge in [-0.15, -0.1) is 0 Å². The van der Waals surface area contributed by atoms with Gasteiger partial charge in [0.15, 0.2) is 0 Å². The smallest absolute Gasteiger partial charge is 0.408 e. The minimum Gasteiger partial charge on any atom is -0.489 e. The highest BCUT2D eigenvalue weighted by atomic mass is 19.1. The largest absolute Gasteiger partial charge is 0.489 e. The Morgan fingerprint density at radius 3 is 2.42 bits per heavy atom. The van der Waals surface area contributed by atoms with Gasteiger partial charge >= 0.3 is 12.1 Å². The number of para-hydroxylation sites is 1. The highest BCUT2D eigenvalue weighted by molar-refractivity contribution is 5.75. The number of pyridine rings is 1. The van der Waals surface area contributed by atoms with Crippen molar-refractivity contribution in [3.05, 3.63) is 119 Å². The van der Waals surface area contributed by atoms with Crippen molar-refractivity contribution in [1.29, 1.82) is 0 Å². The molecule has 1 heterocycles. The van der Waals surface area contributed by atoms with Crippen molar-refractivity contribution < 1.29 is 28.6 Å². The number of benzene rings is 3. The van der Waals surface area contributed by atoms with Gasteiger partial charge in [-0.3, -0.25) is 9.78 Å². The fraction of sp³-hybridized carbons (Fsp3) is 0.229. The Hall–Kier alpha value is -4.98. The summed E-state index contributed by atoms with van der Waals surface area (Å²) in [5.41, 5.74) is 3.73. The number of hydrogen-bond acceptors (Lipinski definition) is 5. The third kappa shape index (κ3) is 9.00. The Kier molecular flexibility index (Phi) is 9.93. The summed E-state index contributed by atoms with van der Waals surface area (Å²) in [7, 11) is 0. The number of ether oxygens (including phenoxy) is 2. The monoisotopic (exact) mass is 582 g/mol. The molecule has 0 bridgehead atoms. The van der Waals surface area contributed by atoms with E-state index in [0.717, 1.165) is 16.7 Å². The second-order valence-electron chi connectivity index (χ2n) is 11.1. The zero-order valence-electron chi connectivity index (χ0n) is 24.6. The van der Waals surface area contributed by atoms with Crippen LogP contribution in [0.4, 0.5) is 9.18 Å². The number of aromatic nitrogens is 1. The van der Waals surface area contributed by atoms with Crippen molar-refractivity contribution in [2.75, 3.05) is 0 Å². The summed E-state index contributed by atoms with van der Waals surface area (Å²) in [4.78, 5) is 27.7. The van der Waals surface area contributed by atoms with Gasteiger partial charge in [0, 0.05) is 29.1 Å². The molecule has 0 fully saturated rings. The zero-order valence-corrected chi connectivity index (χ0v) is 24.6. The first-order chi connectivity index (χ1) is 20.5. The summed E-state index contributed by atoms with van der Waals surface area (Å²) in [5.74, 6) is -0.938. The number of alkyl carbamates (subject to hydrolysis) is 1. The topological polar surface area (TPSA) is 97.8 Å². The number of carbonyl (C=O) groups is 2. The van der Waals surface area contributed by atoms with Crippen molar-refractivity contribution in [2.45, 2.75) is 52.4 Å². The molecule has 4 rings (SSSR count). The predicted octanol–water partition coefficient (Wildman–Crippen LogP) is 7.85. The number of nitrogens with one attached hydrogen (secondary N) is 1. The SMILES string of the molecule is CC(NC(=O)OC(C)(C)C)c1cccc(-c2cc(/C=C/c3ccncc3)cc(COc3ccccc3CC(=O)O)c2)c1F. The third-order valence-electron chi connectivity index (χ3n) is 6.44. The molecule has 0 aliphatic carbocycles. The zero-order chi connectivity index (χ0) is 31.0. The van der Waals surface area contributed by atoms with Crippen LogP contribution in [0.15, 0.2) is 85.2 Å². The molecule has 0 aliphatic heterocycles. The molecule has 1 amide bonds. The Bertz CT molecular complexity index is 1610. The minimum absolute atomic E-state index is 0.137. The minimum atomic E-state index is -0.952. The number of carboxylic acids is 1. The molecular formula is C35H35FN2O5. The molecule has 0 spiro atoms. The lowest BCUT2D eigenvalue weighted by molar-refractivity contribution is -0.136. The van der Waals surface area contributed by atoms with E-state index in [0.29, 0.717) is 28.0 Å². The Balaban J connectivity index is 1.68. The van der Waals surface area contributed by atoms with E-state index < -0.39 is 29.5 Å². The lowest BCUT2D eigenvalue weighted by Crippen LogP contribution is -2.34. The van der Waals surface area contributed by atoms with E-state index in [-0.39, 0.29) is 13.0 Å². The summed E-state index contributed by atoms with van der Waals surface area (Å²) in [6.45, 7) is 7.13. The number of carbonyl (C=O) groups excluding carboxylic acids is 1. The number of carboxylic acid groups (broad SMARTS) is 1. The van der Waals surface area contributed by atoms with Gasteiger partial charge in [-0.05, 0) is 86.3 Å². The Labute approximate surface area is 251 Å². The number of hydrogen-bond donors (Lipinski definition) is 2. The maximum absolute atomic E-state index is 16.0. The van der Waals surface area contributed by atoms with E-state index in [2.05, 4.69) is 10.3 Å². The molecule has 0 radical (unpaired) electrons. The van der Waals surface area contributed by atoms with Crippen LogP contribution in [-0.2, 0) is 22.6 Å². The lowest BCUT2D eigenvalue weighted by atomic mass is 9.95. The van der Waals surface area contributed by atoms with E-state index >= 15 is 4.39 Å². The van der Waals surface area contributed by atoms with Crippen LogP contribution < -0.4 is 10.1 Å². The average Bonchev–Trinajstić information content (AvgIpc) is 2.95. The fourth-order valence-corrected chi connectivity index (χ4v) is 4.50. The average molecular weight is 583 g/mol. The quantitative estimate of drug-likeness (QED) is 0.198. The van der Waals surface area contributed by atoms with Gasteiger partial charge in [0.05, 0.1) is 12.5 Å². The second kappa shape index (κ2) is 13.8. The molecule has 2 N–H and O–H groups in total. The van der Waals surface area contributed by atoms with Crippen molar-refractivity contribution in [3.63, 3.8) is 0 Å². The molecule has 43 heavy (non-hydrogen) atoms. The molecule has 7 nitrogen and oxygen atoms in total. The van der Waals surface area contributed by atoms with Gasteiger partial charge in [0.1, 0.15) is 23.8 Å². The number of nitrogens with zero attached hydrogens (tertiary/aromatic N) is 1. The first-order valence-corrected chi connectivity index (χ1v) is 13.9. The van der Waals surface area contributed by atoms with E-state index in [4.69, 9.17) is 9.47 Å². The second-order valence-corrected chi connectivity index (χ2v) is 11.1. The van der Waals surface area contributed by atoms with Crippen molar-refractivity contribution in [1.82, 2.24) is 10.3 Å². The van der Waals surface area contributed by atoms with Crippen LogP contribution in [0.5, 0.6) is 5.75 Å². The number of rotatable bonds is 10. The molecule has 3 aromatic carbocycles. The van der Waals surface area contributed by atoms with Crippen LogP contribution in [0.25, 0.3) is 23.3 Å². The first kappa shape index (κ1) is 31.0. The molecule has 1 aromatic heterocycles. The van der Waals surface area contributed by atoms with Crippen molar-refractivity contribution in [2.24, 2.45) is 0 Å². The van der Waals surface area contributed by atoms with Gasteiger partial charge in [0.2, 0.25) is 0 Å². The highest BCUT2D eigenvalue weighted by Crippen LogP contribution is 2.31. The van der Waals surface area contributed by atoms with Crippen molar-refractivity contribution in [3.8, 4) is 16.9 Å². The summed E-state index contributed by atoms with van der Waals surface area (Å²) in [5, 5.41) is 12.0. The van der Waals surface area contributed by atoms with Crippen LogP contribution >= 0.6 is 0 Å². The van der Waals surface area contributed by atoms with Crippen LogP contribution in [0, 0.1) is 5.82 Å². The predicted molar refractivity (Wildman–Crippen MR) is 165 cm³/mol. The van der Waals surface area contributed by atoms with E-state index in [1.165, 1.54) is 0 Å². The first-order valence-electron chi connectivity index (χ1n) is 13.9. The summed E-state index contributed by atoms with van der Waals surface area (Å²) in [6.07, 6.45) is 6.48. The van der Waals surface area contributed by atoms with Gasteiger partial charge in [-0.2, -0.15) is 0 Å². The molecule has 222 valence electrons. The molecule has 1 atom stereocenters. The Morgan fingerprint density at radius 2 is 1.70 bits per heavy atom. The highest BCUT2D eigenvalue weighted by Gasteiger charge is 2.21. The number of halogens is 1. The van der Waals surface area contributed by atoms with Gasteiger partial charge in [-0.25, -0.2) is 9.18 Å². The van der Waals surface area contributed by atoms with Crippen molar-refractivity contribution >= 4 is 24.2 Å². The summed E-state index contributed by atoms with van der Waals surface area (Å²) >= 11 is 0. The van der Waals surface area contributed by atoms with E-state index in [1.807, 2.05) is 42.5 Å².